The lowest BCUT2D eigenvalue weighted by Gasteiger charge is -2.39. The van der Waals surface area contributed by atoms with Crippen LogP contribution in [0.4, 0.5) is 0 Å². The maximum Gasteiger partial charge on any atom is 0.329 e. The standard InChI is InChI=1S/C13H22N2O4/c1-9-5-3-4-7-13(9,12(18)19)15-11(17)6-8-14-10(2)16/h9H,3-8H2,1-2H3,(H,14,16)(H,15,17)(H,18,19). The quantitative estimate of drug-likeness (QED) is 0.684. The van der Waals surface area contributed by atoms with Crippen molar-refractivity contribution >= 4 is 17.8 Å². The summed E-state index contributed by atoms with van der Waals surface area (Å²) in [5.74, 6) is -1.58. The summed E-state index contributed by atoms with van der Waals surface area (Å²) in [5.41, 5.74) is -1.15. The van der Waals surface area contributed by atoms with Crippen molar-refractivity contribution in [2.75, 3.05) is 6.54 Å². The van der Waals surface area contributed by atoms with Gasteiger partial charge >= 0.3 is 5.97 Å². The molecule has 0 radical (unpaired) electrons. The molecular formula is C13H22N2O4. The molecule has 6 nitrogen and oxygen atoms in total. The Bertz CT molecular complexity index is 370. The topological polar surface area (TPSA) is 95.5 Å². The van der Waals surface area contributed by atoms with Crippen molar-refractivity contribution < 1.29 is 19.5 Å². The van der Waals surface area contributed by atoms with Crippen LogP contribution in [0.15, 0.2) is 0 Å². The van der Waals surface area contributed by atoms with Crippen molar-refractivity contribution in [3.05, 3.63) is 0 Å². The van der Waals surface area contributed by atoms with E-state index in [4.69, 9.17) is 0 Å². The van der Waals surface area contributed by atoms with Gasteiger partial charge in [-0.05, 0) is 18.8 Å². The molecule has 6 heteroatoms. The minimum Gasteiger partial charge on any atom is -0.479 e. The second-order valence-corrected chi connectivity index (χ2v) is 5.20. The summed E-state index contributed by atoms with van der Waals surface area (Å²) < 4.78 is 0. The third-order valence-corrected chi connectivity index (χ3v) is 3.77. The minimum absolute atomic E-state index is 0.0801. The van der Waals surface area contributed by atoms with Crippen molar-refractivity contribution in [3.63, 3.8) is 0 Å². The van der Waals surface area contributed by atoms with E-state index in [0.29, 0.717) is 6.42 Å². The highest BCUT2D eigenvalue weighted by atomic mass is 16.4. The molecule has 0 aromatic rings. The van der Waals surface area contributed by atoms with Crippen LogP contribution in [0.2, 0.25) is 0 Å². The Kier molecular flexibility index (Phi) is 5.32. The molecule has 2 unspecified atom stereocenters. The van der Waals surface area contributed by atoms with Gasteiger partial charge in [0.2, 0.25) is 11.8 Å². The van der Waals surface area contributed by atoms with Crippen LogP contribution in [-0.2, 0) is 14.4 Å². The largest absolute Gasteiger partial charge is 0.479 e. The number of hydrogen-bond donors (Lipinski definition) is 3. The predicted molar refractivity (Wildman–Crippen MR) is 69.4 cm³/mol. The van der Waals surface area contributed by atoms with Crippen LogP contribution < -0.4 is 10.6 Å². The van der Waals surface area contributed by atoms with Crippen LogP contribution in [0.5, 0.6) is 0 Å². The molecule has 0 heterocycles. The van der Waals surface area contributed by atoms with Gasteiger partial charge in [0.05, 0.1) is 0 Å². The van der Waals surface area contributed by atoms with Gasteiger partial charge in [-0.2, -0.15) is 0 Å². The van der Waals surface area contributed by atoms with E-state index >= 15 is 0 Å². The second kappa shape index (κ2) is 6.54. The van der Waals surface area contributed by atoms with Crippen LogP contribution in [0.1, 0.15) is 46.0 Å². The molecule has 0 aromatic heterocycles. The summed E-state index contributed by atoms with van der Waals surface area (Å²) in [6.07, 6.45) is 3.18. The van der Waals surface area contributed by atoms with Gasteiger partial charge in [0.1, 0.15) is 5.54 Å². The molecule has 0 saturated heterocycles. The zero-order chi connectivity index (χ0) is 14.5. The monoisotopic (exact) mass is 270 g/mol. The van der Waals surface area contributed by atoms with E-state index in [1.807, 2.05) is 6.92 Å². The van der Waals surface area contributed by atoms with E-state index in [1.165, 1.54) is 6.92 Å². The Labute approximate surface area is 112 Å². The Hall–Kier alpha value is -1.59. The molecule has 108 valence electrons. The molecule has 0 aliphatic heterocycles. The third-order valence-electron chi connectivity index (χ3n) is 3.77. The molecular weight excluding hydrogens is 248 g/mol. The minimum atomic E-state index is -1.15. The van der Waals surface area contributed by atoms with Crippen molar-refractivity contribution in [1.82, 2.24) is 10.6 Å². The van der Waals surface area contributed by atoms with Gasteiger partial charge in [0.15, 0.2) is 0 Å². The molecule has 1 saturated carbocycles. The molecule has 0 bridgehead atoms. The van der Waals surface area contributed by atoms with E-state index < -0.39 is 11.5 Å². The summed E-state index contributed by atoms with van der Waals surface area (Å²) in [6.45, 7) is 3.46. The average Bonchev–Trinajstić information content (AvgIpc) is 2.31. The highest BCUT2D eigenvalue weighted by Crippen LogP contribution is 2.33. The van der Waals surface area contributed by atoms with E-state index in [9.17, 15) is 19.5 Å². The lowest BCUT2D eigenvalue weighted by Crippen LogP contribution is -2.60. The summed E-state index contributed by atoms with van der Waals surface area (Å²) in [6, 6.07) is 0. The summed E-state index contributed by atoms with van der Waals surface area (Å²) >= 11 is 0. The first-order valence-electron chi connectivity index (χ1n) is 6.67. The average molecular weight is 270 g/mol. The Morgan fingerprint density at radius 2 is 2.00 bits per heavy atom. The Morgan fingerprint density at radius 3 is 2.53 bits per heavy atom. The van der Waals surface area contributed by atoms with Crippen molar-refractivity contribution in [2.24, 2.45) is 5.92 Å². The maximum atomic E-state index is 11.8. The van der Waals surface area contributed by atoms with Gasteiger partial charge in [-0.25, -0.2) is 4.79 Å². The molecule has 1 fully saturated rings. The van der Waals surface area contributed by atoms with E-state index in [1.54, 1.807) is 0 Å². The molecule has 3 N–H and O–H groups in total. The number of carboxylic acids is 1. The lowest BCUT2D eigenvalue weighted by molar-refractivity contribution is -0.152. The SMILES string of the molecule is CC(=O)NCCC(=O)NC1(C(=O)O)CCCCC1C. The van der Waals surface area contributed by atoms with Crippen LogP contribution >= 0.6 is 0 Å². The van der Waals surface area contributed by atoms with Crippen molar-refractivity contribution in [1.29, 1.82) is 0 Å². The number of aliphatic carboxylic acids is 1. The van der Waals surface area contributed by atoms with Crippen LogP contribution in [0.25, 0.3) is 0 Å². The van der Waals surface area contributed by atoms with E-state index in [2.05, 4.69) is 10.6 Å². The summed E-state index contributed by atoms with van der Waals surface area (Å²) in [5, 5.41) is 14.6. The van der Waals surface area contributed by atoms with Gasteiger partial charge in [-0.15, -0.1) is 0 Å². The van der Waals surface area contributed by atoms with E-state index in [-0.39, 0.29) is 30.7 Å². The normalized spacial score (nSPS) is 26.5. The molecule has 0 spiro atoms. The Morgan fingerprint density at radius 1 is 1.32 bits per heavy atom. The van der Waals surface area contributed by atoms with Gasteiger partial charge in [-0.1, -0.05) is 19.8 Å². The number of rotatable bonds is 5. The number of hydrogen-bond acceptors (Lipinski definition) is 3. The molecule has 19 heavy (non-hydrogen) atoms. The fourth-order valence-corrected chi connectivity index (χ4v) is 2.57. The molecule has 0 aromatic carbocycles. The molecule has 2 amide bonds. The molecule has 2 atom stereocenters. The van der Waals surface area contributed by atoms with Gasteiger partial charge in [-0.3, -0.25) is 9.59 Å². The van der Waals surface area contributed by atoms with Crippen LogP contribution in [0.3, 0.4) is 0 Å². The number of carboxylic acid groups (broad SMARTS) is 1. The first-order valence-corrected chi connectivity index (χ1v) is 6.67. The number of carbonyl (C=O) groups excluding carboxylic acids is 2. The fraction of sp³-hybridized carbons (Fsp3) is 0.769. The first kappa shape index (κ1) is 15.5. The highest BCUT2D eigenvalue weighted by Gasteiger charge is 2.46. The van der Waals surface area contributed by atoms with Crippen molar-refractivity contribution in [2.45, 2.75) is 51.5 Å². The van der Waals surface area contributed by atoms with Crippen molar-refractivity contribution in [3.8, 4) is 0 Å². The smallest absolute Gasteiger partial charge is 0.329 e. The van der Waals surface area contributed by atoms with Crippen LogP contribution in [0, 0.1) is 5.92 Å². The number of carbonyl (C=O) groups is 3. The number of nitrogens with one attached hydrogen (secondary N) is 2. The van der Waals surface area contributed by atoms with Crippen LogP contribution in [-0.4, -0.2) is 35.0 Å². The molecule has 1 rings (SSSR count). The van der Waals surface area contributed by atoms with Gasteiger partial charge in [0, 0.05) is 19.9 Å². The maximum absolute atomic E-state index is 11.8. The predicted octanol–water partition coefficient (Wildman–Crippen LogP) is 0.662. The second-order valence-electron chi connectivity index (χ2n) is 5.20. The summed E-state index contributed by atoms with van der Waals surface area (Å²) in [4.78, 5) is 34.0. The zero-order valence-electron chi connectivity index (χ0n) is 11.5. The first-order chi connectivity index (χ1) is 8.88. The van der Waals surface area contributed by atoms with Gasteiger partial charge in [0.25, 0.3) is 0 Å². The third kappa shape index (κ3) is 3.94. The molecule has 1 aliphatic rings. The summed E-state index contributed by atoms with van der Waals surface area (Å²) in [7, 11) is 0. The number of amides is 2. The lowest BCUT2D eigenvalue weighted by atomic mass is 9.73. The Balaban J connectivity index is 2.60. The fourth-order valence-electron chi connectivity index (χ4n) is 2.57. The zero-order valence-corrected chi connectivity index (χ0v) is 11.5. The van der Waals surface area contributed by atoms with E-state index in [0.717, 1.165) is 19.3 Å². The van der Waals surface area contributed by atoms with Gasteiger partial charge < -0.3 is 15.7 Å². The highest BCUT2D eigenvalue weighted by molar-refractivity contribution is 5.87. The molecule has 1 aliphatic carbocycles.